The fourth-order valence-electron chi connectivity index (χ4n) is 1.44. The monoisotopic (exact) mass is 301 g/mol. The molecule has 0 saturated heterocycles. The Bertz CT molecular complexity index is 407. The minimum Gasteiger partial charge on any atom is -0.479 e. The maximum absolute atomic E-state index is 10.9. The highest BCUT2D eigenvalue weighted by molar-refractivity contribution is 9.10. The van der Waals surface area contributed by atoms with E-state index in [1.54, 1.807) is 19.1 Å². The maximum Gasteiger partial charge on any atom is 0.344 e. The summed E-state index contributed by atoms with van der Waals surface area (Å²) in [5.41, 5.74) is 6.62. The Hall–Kier alpha value is -1.07. The van der Waals surface area contributed by atoms with Crippen molar-refractivity contribution in [2.24, 2.45) is 5.73 Å². The zero-order chi connectivity index (χ0) is 13.0. The zero-order valence-electron chi connectivity index (χ0n) is 9.81. The standard InChI is InChI=1S/C12H16BrNO3/c1-3-10(12(15)16)17-11-5-4-8(13)6-9(11)7(2)14/h4-7,10H,3,14H2,1-2H3,(H,15,16)/t7-,10?/m0/s1. The van der Waals surface area contributed by atoms with Crippen LogP contribution in [0.25, 0.3) is 0 Å². The molecular formula is C12H16BrNO3. The van der Waals surface area contributed by atoms with Crippen molar-refractivity contribution in [1.29, 1.82) is 0 Å². The van der Waals surface area contributed by atoms with Gasteiger partial charge in [0.25, 0.3) is 0 Å². The summed E-state index contributed by atoms with van der Waals surface area (Å²) in [7, 11) is 0. The average Bonchev–Trinajstić information content (AvgIpc) is 2.26. The molecular weight excluding hydrogens is 286 g/mol. The molecule has 2 atom stereocenters. The van der Waals surface area contributed by atoms with Gasteiger partial charge in [0.05, 0.1) is 0 Å². The van der Waals surface area contributed by atoms with Crippen molar-refractivity contribution in [3.8, 4) is 5.75 Å². The Morgan fingerprint density at radius 1 is 1.59 bits per heavy atom. The molecule has 1 aromatic carbocycles. The van der Waals surface area contributed by atoms with E-state index >= 15 is 0 Å². The molecule has 0 aliphatic rings. The lowest BCUT2D eigenvalue weighted by Gasteiger charge is -2.18. The molecule has 0 radical (unpaired) electrons. The summed E-state index contributed by atoms with van der Waals surface area (Å²) in [6.07, 6.45) is -0.433. The third-order valence-corrected chi connectivity index (χ3v) is 2.87. The van der Waals surface area contributed by atoms with Gasteiger partial charge in [0.1, 0.15) is 5.75 Å². The molecule has 0 spiro atoms. The van der Waals surface area contributed by atoms with Gasteiger partial charge in [-0.25, -0.2) is 4.79 Å². The van der Waals surface area contributed by atoms with Crippen molar-refractivity contribution in [3.05, 3.63) is 28.2 Å². The number of aliphatic carboxylic acids is 1. The highest BCUT2D eigenvalue weighted by atomic mass is 79.9. The number of carbonyl (C=O) groups is 1. The summed E-state index contributed by atoms with van der Waals surface area (Å²) < 4.78 is 6.36. The summed E-state index contributed by atoms with van der Waals surface area (Å²) in [6.45, 7) is 3.60. The molecule has 5 heteroatoms. The van der Waals surface area contributed by atoms with E-state index in [1.807, 2.05) is 13.0 Å². The van der Waals surface area contributed by atoms with Gasteiger partial charge in [-0.15, -0.1) is 0 Å². The van der Waals surface area contributed by atoms with E-state index in [4.69, 9.17) is 15.6 Å². The largest absolute Gasteiger partial charge is 0.479 e. The molecule has 0 bridgehead atoms. The highest BCUT2D eigenvalue weighted by Crippen LogP contribution is 2.28. The second-order valence-corrected chi connectivity index (χ2v) is 4.74. The van der Waals surface area contributed by atoms with E-state index in [-0.39, 0.29) is 6.04 Å². The van der Waals surface area contributed by atoms with Crippen molar-refractivity contribution < 1.29 is 14.6 Å². The molecule has 3 N–H and O–H groups in total. The van der Waals surface area contributed by atoms with Gasteiger partial charge < -0.3 is 15.6 Å². The predicted octanol–water partition coefficient (Wildman–Crippen LogP) is 2.71. The van der Waals surface area contributed by atoms with Gasteiger partial charge in [-0.3, -0.25) is 0 Å². The van der Waals surface area contributed by atoms with Crippen LogP contribution >= 0.6 is 15.9 Å². The Morgan fingerprint density at radius 3 is 2.71 bits per heavy atom. The number of carboxylic acids is 1. The fourth-order valence-corrected chi connectivity index (χ4v) is 1.82. The van der Waals surface area contributed by atoms with Crippen molar-refractivity contribution >= 4 is 21.9 Å². The highest BCUT2D eigenvalue weighted by Gasteiger charge is 2.19. The molecule has 1 rings (SSSR count). The molecule has 1 aromatic rings. The first-order valence-electron chi connectivity index (χ1n) is 5.40. The smallest absolute Gasteiger partial charge is 0.344 e. The lowest BCUT2D eigenvalue weighted by Crippen LogP contribution is -2.26. The molecule has 0 fully saturated rings. The third-order valence-electron chi connectivity index (χ3n) is 2.38. The van der Waals surface area contributed by atoms with E-state index in [0.717, 1.165) is 10.0 Å². The Kier molecular flexibility index (Phi) is 4.96. The van der Waals surface area contributed by atoms with Crippen LogP contribution in [0.1, 0.15) is 31.9 Å². The number of hydrogen-bond donors (Lipinski definition) is 2. The molecule has 0 heterocycles. The lowest BCUT2D eigenvalue weighted by molar-refractivity contribution is -0.145. The second-order valence-electron chi connectivity index (χ2n) is 3.82. The minimum atomic E-state index is -0.967. The SMILES string of the molecule is CCC(Oc1ccc(Br)cc1[C@H](C)N)C(=O)O. The normalized spacial score (nSPS) is 14.1. The number of benzene rings is 1. The average molecular weight is 302 g/mol. The van der Waals surface area contributed by atoms with Crippen LogP contribution in [0.3, 0.4) is 0 Å². The van der Waals surface area contributed by atoms with Crippen LogP contribution < -0.4 is 10.5 Å². The van der Waals surface area contributed by atoms with Crippen LogP contribution in [0.5, 0.6) is 5.75 Å². The number of carboxylic acid groups (broad SMARTS) is 1. The molecule has 4 nitrogen and oxygen atoms in total. The number of halogens is 1. The summed E-state index contributed by atoms with van der Waals surface area (Å²) in [6, 6.07) is 5.16. The Morgan fingerprint density at radius 2 is 2.24 bits per heavy atom. The Labute approximate surface area is 109 Å². The van der Waals surface area contributed by atoms with E-state index < -0.39 is 12.1 Å². The molecule has 0 aliphatic carbocycles. The summed E-state index contributed by atoms with van der Waals surface area (Å²) in [5.74, 6) is -0.441. The van der Waals surface area contributed by atoms with E-state index in [9.17, 15) is 4.79 Å². The van der Waals surface area contributed by atoms with E-state index in [1.165, 1.54) is 0 Å². The molecule has 94 valence electrons. The summed E-state index contributed by atoms with van der Waals surface area (Å²) in [5, 5.41) is 8.95. The number of hydrogen-bond acceptors (Lipinski definition) is 3. The van der Waals surface area contributed by atoms with Crippen molar-refractivity contribution in [2.75, 3.05) is 0 Å². The van der Waals surface area contributed by atoms with E-state index in [0.29, 0.717) is 12.2 Å². The van der Waals surface area contributed by atoms with Crippen LogP contribution in [-0.2, 0) is 4.79 Å². The fraction of sp³-hybridized carbons (Fsp3) is 0.417. The number of ether oxygens (including phenoxy) is 1. The first-order valence-corrected chi connectivity index (χ1v) is 6.19. The molecule has 0 saturated carbocycles. The predicted molar refractivity (Wildman–Crippen MR) is 69.1 cm³/mol. The van der Waals surface area contributed by atoms with Crippen LogP contribution in [-0.4, -0.2) is 17.2 Å². The van der Waals surface area contributed by atoms with Crippen LogP contribution in [0, 0.1) is 0 Å². The van der Waals surface area contributed by atoms with Crippen LogP contribution in [0.2, 0.25) is 0 Å². The summed E-state index contributed by atoms with van der Waals surface area (Å²) in [4.78, 5) is 10.9. The quantitative estimate of drug-likeness (QED) is 0.877. The number of nitrogens with two attached hydrogens (primary N) is 1. The number of rotatable bonds is 5. The topological polar surface area (TPSA) is 72.5 Å². The molecule has 0 aromatic heterocycles. The first kappa shape index (κ1) is 14.0. The Balaban J connectivity index is 3.01. The lowest BCUT2D eigenvalue weighted by atomic mass is 10.1. The maximum atomic E-state index is 10.9. The van der Waals surface area contributed by atoms with Crippen molar-refractivity contribution in [1.82, 2.24) is 0 Å². The van der Waals surface area contributed by atoms with Crippen LogP contribution in [0.15, 0.2) is 22.7 Å². The van der Waals surface area contributed by atoms with Gasteiger partial charge in [-0.1, -0.05) is 22.9 Å². The van der Waals surface area contributed by atoms with Gasteiger partial charge in [0, 0.05) is 16.1 Å². The third kappa shape index (κ3) is 3.71. The van der Waals surface area contributed by atoms with Gasteiger partial charge in [-0.05, 0) is 31.5 Å². The minimum absolute atomic E-state index is 0.214. The molecule has 0 aliphatic heterocycles. The van der Waals surface area contributed by atoms with Crippen molar-refractivity contribution in [2.45, 2.75) is 32.4 Å². The van der Waals surface area contributed by atoms with Gasteiger partial charge in [0.15, 0.2) is 6.10 Å². The van der Waals surface area contributed by atoms with Crippen LogP contribution in [0.4, 0.5) is 0 Å². The van der Waals surface area contributed by atoms with Crippen molar-refractivity contribution in [3.63, 3.8) is 0 Å². The van der Waals surface area contributed by atoms with E-state index in [2.05, 4.69) is 15.9 Å². The van der Waals surface area contributed by atoms with Gasteiger partial charge in [-0.2, -0.15) is 0 Å². The second kappa shape index (κ2) is 6.02. The van der Waals surface area contributed by atoms with Gasteiger partial charge in [0.2, 0.25) is 0 Å². The molecule has 17 heavy (non-hydrogen) atoms. The molecule has 1 unspecified atom stereocenters. The van der Waals surface area contributed by atoms with Gasteiger partial charge >= 0.3 is 5.97 Å². The zero-order valence-corrected chi connectivity index (χ0v) is 11.4. The molecule has 0 amide bonds. The first-order chi connectivity index (χ1) is 7.95. The summed E-state index contributed by atoms with van der Waals surface area (Å²) >= 11 is 3.35.